The number of ether oxygens (including phenoxy) is 2. The molecule has 4 heteroatoms. The highest BCUT2D eigenvalue weighted by Gasteiger charge is 2.23. The first-order valence-corrected chi connectivity index (χ1v) is 7.28. The van der Waals surface area contributed by atoms with Gasteiger partial charge in [0, 0.05) is 32.3 Å². The van der Waals surface area contributed by atoms with Gasteiger partial charge >= 0.3 is 0 Å². The third-order valence-corrected chi connectivity index (χ3v) is 3.79. The quantitative estimate of drug-likeness (QED) is 0.748. The van der Waals surface area contributed by atoms with Gasteiger partial charge in [-0.25, -0.2) is 0 Å². The molecule has 1 fully saturated rings. The van der Waals surface area contributed by atoms with E-state index < -0.39 is 0 Å². The minimum Gasteiger partial charge on any atom is -0.497 e. The molecule has 0 bridgehead atoms. The van der Waals surface area contributed by atoms with Crippen LogP contribution in [-0.4, -0.2) is 51.4 Å². The van der Waals surface area contributed by atoms with Crippen LogP contribution in [0.25, 0.3) is 0 Å². The molecule has 20 heavy (non-hydrogen) atoms. The van der Waals surface area contributed by atoms with Gasteiger partial charge in [0.25, 0.3) is 0 Å². The van der Waals surface area contributed by atoms with Crippen LogP contribution in [-0.2, 0) is 11.3 Å². The maximum Gasteiger partial charge on any atom is 0.118 e. The molecule has 0 aromatic heterocycles. The molecule has 1 aromatic carbocycles. The number of nitrogens with zero attached hydrogens (tertiary/aromatic N) is 1. The number of likely N-dealkylation sites (N-methyl/N-ethyl adjacent to an activating group) is 1. The third-order valence-electron chi connectivity index (χ3n) is 3.79. The molecule has 1 saturated carbocycles. The fourth-order valence-electron chi connectivity index (χ4n) is 2.27. The van der Waals surface area contributed by atoms with Gasteiger partial charge in [-0.2, -0.15) is 0 Å². The minimum absolute atomic E-state index is 0.405. The maximum atomic E-state index is 5.35. The Bertz CT molecular complexity index is 390. The molecule has 0 spiro atoms. The average Bonchev–Trinajstić information content (AvgIpc) is 3.28. The molecule has 1 aliphatic carbocycles. The van der Waals surface area contributed by atoms with Crippen molar-refractivity contribution in [3.8, 4) is 5.75 Å². The van der Waals surface area contributed by atoms with Crippen LogP contribution in [0.3, 0.4) is 0 Å². The first-order chi connectivity index (χ1) is 9.72. The number of benzene rings is 1. The van der Waals surface area contributed by atoms with Crippen molar-refractivity contribution >= 4 is 0 Å². The fourth-order valence-corrected chi connectivity index (χ4v) is 2.27. The van der Waals surface area contributed by atoms with E-state index in [1.165, 1.54) is 18.4 Å². The van der Waals surface area contributed by atoms with Crippen LogP contribution in [0.2, 0.25) is 0 Å². The van der Waals surface area contributed by atoms with Gasteiger partial charge in [0.05, 0.1) is 13.7 Å². The Balaban J connectivity index is 1.86. The summed E-state index contributed by atoms with van der Waals surface area (Å²) in [6, 6.07) is 9.40. The van der Waals surface area contributed by atoms with Gasteiger partial charge in [0.15, 0.2) is 0 Å². The van der Waals surface area contributed by atoms with E-state index in [-0.39, 0.29) is 0 Å². The van der Waals surface area contributed by atoms with Crippen molar-refractivity contribution in [2.24, 2.45) is 0 Å². The second-order valence-electron chi connectivity index (χ2n) is 5.55. The largest absolute Gasteiger partial charge is 0.497 e. The average molecular weight is 278 g/mol. The molecule has 0 amide bonds. The van der Waals surface area contributed by atoms with Crippen LogP contribution in [0.5, 0.6) is 5.75 Å². The molecule has 1 unspecified atom stereocenters. The summed E-state index contributed by atoms with van der Waals surface area (Å²) in [6.45, 7) is 2.67. The SMILES string of the molecule is COCC(CNC1CC1)N(C)Cc1ccc(OC)cc1. The summed E-state index contributed by atoms with van der Waals surface area (Å²) in [7, 11) is 5.62. The lowest BCUT2D eigenvalue weighted by molar-refractivity contribution is 0.101. The summed E-state index contributed by atoms with van der Waals surface area (Å²) in [4.78, 5) is 2.35. The van der Waals surface area contributed by atoms with Crippen LogP contribution in [0.4, 0.5) is 0 Å². The van der Waals surface area contributed by atoms with Gasteiger partial charge in [-0.15, -0.1) is 0 Å². The smallest absolute Gasteiger partial charge is 0.118 e. The lowest BCUT2D eigenvalue weighted by atomic mass is 10.1. The minimum atomic E-state index is 0.405. The highest BCUT2D eigenvalue weighted by Crippen LogP contribution is 2.19. The summed E-state index contributed by atoms with van der Waals surface area (Å²) in [5.74, 6) is 0.903. The Morgan fingerprint density at radius 1 is 1.25 bits per heavy atom. The number of methoxy groups -OCH3 is 2. The molecule has 2 rings (SSSR count). The molecule has 1 atom stereocenters. The summed E-state index contributed by atoms with van der Waals surface area (Å²) >= 11 is 0. The van der Waals surface area contributed by atoms with E-state index in [4.69, 9.17) is 9.47 Å². The van der Waals surface area contributed by atoms with Crippen LogP contribution >= 0.6 is 0 Å². The van der Waals surface area contributed by atoms with Gasteiger partial charge in [-0.3, -0.25) is 4.90 Å². The Labute approximate surface area is 122 Å². The Kier molecular flexibility index (Phi) is 5.83. The fraction of sp³-hybridized carbons (Fsp3) is 0.625. The van der Waals surface area contributed by atoms with E-state index in [1.54, 1.807) is 14.2 Å². The summed E-state index contributed by atoms with van der Waals surface area (Å²) in [5, 5.41) is 3.58. The zero-order valence-electron chi connectivity index (χ0n) is 12.8. The van der Waals surface area contributed by atoms with E-state index >= 15 is 0 Å². The molecule has 112 valence electrons. The molecule has 1 aliphatic rings. The lowest BCUT2D eigenvalue weighted by Gasteiger charge is -2.28. The lowest BCUT2D eigenvalue weighted by Crippen LogP contribution is -2.43. The van der Waals surface area contributed by atoms with Gasteiger partial charge < -0.3 is 14.8 Å². The summed E-state index contributed by atoms with van der Waals surface area (Å²) in [5.41, 5.74) is 1.29. The van der Waals surface area contributed by atoms with Gasteiger partial charge in [0.2, 0.25) is 0 Å². The Morgan fingerprint density at radius 2 is 1.95 bits per heavy atom. The predicted octanol–water partition coefficient (Wildman–Crippen LogP) is 1.89. The zero-order valence-corrected chi connectivity index (χ0v) is 12.8. The first-order valence-electron chi connectivity index (χ1n) is 7.28. The summed E-state index contributed by atoms with van der Waals surface area (Å²) < 4.78 is 10.5. The number of hydrogen-bond donors (Lipinski definition) is 1. The second kappa shape index (κ2) is 7.62. The standard InChI is InChI=1S/C16H26N2O2/c1-18(11-13-4-8-16(20-3)9-5-13)15(12-19-2)10-17-14-6-7-14/h4-5,8-9,14-15,17H,6-7,10-12H2,1-3H3. The molecule has 0 heterocycles. The zero-order chi connectivity index (χ0) is 14.4. The van der Waals surface area contributed by atoms with E-state index in [0.29, 0.717) is 6.04 Å². The molecule has 0 aliphatic heterocycles. The van der Waals surface area contributed by atoms with E-state index in [0.717, 1.165) is 31.5 Å². The normalized spacial score (nSPS) is 16.4. The van der Waals surface area contributed by atoms with Crippen LogP contribution in [0, 0.1) is 0 Å². The van der Waals surface area contributed by atoms with Crippen molar-refractivity contribution in [3.05, 3.63) is 29.8 Å². The highest BCUT2D eigenvalue weighted by molar-refractivity contribution is 5.27. The Hall–Kier alpha value is -1.10. The molecular weight excluding hydrogens is 252 g/mol. The monoisotopic (exact) mass is 278 g/mol. The topological polar surface area (TPSA) is 33.7 Å². The molecule has 4 nitrogen and oxygen atoms in total. The van der Waals surface area contributed by atoms with E-state index in [2.05, 4.69) is 29.4 Å². The summed E-state index contributed by atoms with van der Waals surface area (Å²) in [6.07, 6.45) is 2.64. The van der Waals surface area contributed by atoms with Crippen molar-refractivity contribution < 1.29 is 9.47 Å². The molecular formula is C16H26N2O2. The predicted molar refractivity (Wildman–Crippen MR) is 81.1 cm³/mol. The molecule has 1 aromatic rings. The van der Waals surface area contributed by atoms with E-state index in [1.807, 2.05) is 12.1 Å². The van der Waals surface area contributed by atoms with Crippen LogP contribution < -0.4 is 10.1 Å². The van der Waals surface area contributed by atoms with Crippen molar-refractivity contribution in [1.29, 1.82) is 0 Å². The van der Waals surface area contributed by atoms with Crippen LogP contribution in [0.15, 0.2) is 24.3 Å². The number of hydrogen-bond acceptors (Lipinski definition) is 4. The molecule has 0 saturated heterocycles. The van der Waals surface area contributed by atoms with Crippen molar-refractivity contribution in [3.63, 3.8) is 0 Å². The molecule has 0 radical (unpaired) electrons. The number of nitrogens with one attached hydrogen (secondary N) is 1. The first kappa shape index (κ1) is 15.3. The third kappa shape index (κ3) is 4.78. The van der Waals surface area contributed by atoms with Gasteiger partial charge in [-0.1, -0.05) is 12.1 Å². The van der Waals surface area contributed by atoms with Crippen molar-refractivity contribution in [2.75, 3.05) is 34.4 Å². The van der Waals surface area contributed by atoms with Gasteiger partial charge in [-0.05, 0) is 37.6 Å². The van der Waals surface area contributed by atoms with Crippen LogP contribution in [0.1, 0.15) is 18.4 Å². The number of rotatable bonds is 9. The molecule has 1 N–H and O–H groups in total. The highest BCUT2D eigenvalue weighted by atomic mass is 16.5. The Morgan fingerprint density at radius 3 is 2.50 bits per heavy atom. The van der Waals surface area contributed by atoms with Crippen molar-refractivity contribution in [1.82, 2.24) is 10.2 Å². The van der Waals surface area contributed by atoms with Crippen molar-refractivity contribution in [2.45, 2.75) is 31.5 Å². The van der Waals surface area contributed by atoms with Gasteiger partial charge in [0.1, 0.15) is 5.75 Å². The maximum absolute atomic E-state index is 5.35. The second-order valence-corrected chi connectivity index (χ2v) is 5.55. The van der Waals surface area contributed by atoms with E-state index in [9.17, 15) is 0 Å².